The molecule has 2 heterocycles. The van der Waals surface area contributed by atoms with E-state index in [9.17, 15) is 19.2 Å². The molecule has 1 aliphatic carbocycles. The van der Waals surface area contributed by atoms with Crippen LogP contribution in [-0.2, 0) is 14.3 Å². The quantitative estimate of drug-likeness (QED) is 0.735. The molecule has 26 heavy (non-hydrogen) atoms. The smallest absolute Gasteiger partial charge is 0.409 e. The monoisotopic (exact) mass is 366 g/mol. The molecule has 1 saturated carbocycles. The van der Waals surface area contributed by atoms with E-state index in [1.165, 1.54) is 0 Å². The Balaban J connectivity index is 1.61. The molecule has 9 heteroatoms. The third-order valence-corrected chi connectivity index (χ3v) is 5.51. The van der Waals surface area contributed by atoms with E-state index in [1.807, 2.05) is 0 Å². The number of urea groups is 1. The summed E-state index contributed by atoms with van der Waals surface area (Å²) in [5.41, 5.74) is -0.811. The number of carbonyl (C=O) groups is 4. The van der Waals surface area contributed by atoms with E-state index in [0.717, 1.165) is 17.7 Å². The van der Waals surface area contributed by atoms with Gasteiger partial charge in [0.2, 0.25) is 5.91 Å². The zero-order chi connectivity index (χ0) is 18.9. The Morgan fingerprint density at radius 2 is 1.69 bits per heavy atom. The minimum Gasteiger partial charge on any atom is -0.450 e. The number of hydrogen-bond donors (Lipinski definition) is 1. The minimum atomic E-state index is -0.850. The van der Waals surface area contributed by atoms with Crippen LogP contribution in [0.3, 0.4) is 0 Å². The molecular formula is C17H26N4O5. The molecule has 1 N–H and O–H groups in total. The summed E-state index contributed by atoms with van der Waals surface area (Å²) >= 11 is 0. The first-order valence-electron chi connectivity index (χ1n) is 9.26. The van der Waals surface area contributed by atoms with Gasteiger partial charge in [-0.05, 0) is 26.7 Å². The van der Waals surface area contributed by atoms with Gasteiger partial charge >= 0.3 is 12.1 Å². The van der Waals surface area contributed by atoms with Crippen molar-refractivity contribution in [3.8, 4) is 0 Å². The summed E-state index contributed by atoms with van der Waals surface area (Å²) in [6, 6.07) is -1.33. The molecule has 0 radical (unpaired) electrons. The van der Waals surface area contributed by atoms with E-state index in [0.29, 0.717) is 45.6 Å². The van der Waals surface area contributed by atoms with Gasteiger partial charge in [-0.1, -0.05) is 12.8 Å². The molecule has 5 amide bonds. The zero-order valence-corrected chi connectivity index (χ0v) is 15.3. The minimum absolute atomic E-state index is 0.271. The van der Waals surface area contributed by atoms with Crippen LogP contribution in [0.25, 0.3) is 0 Å². The standard InChI is InChI=1S/C17H26N4O5/c1-3-26-16(25)20-10-8-19(9-11-20)13(22)12(2)21-14(23)17(18-15(21)24)6-4-5-7-17/h12H,3-11H2,1-2H3,(H,18,24). The van der Waals surface area contributed by atoms with Crippen molar-refractivity contribution in [2.75, 3.05) is 32.8 Å². The van der Waals surface area contributed by atoms with Crippen LogP contribution in [0.4, 0.5) is 9.59 Å². The van der Waals surface area contributed by atoms with Crippen LogP contribution in [0.5, 0.6) is 0 Å². The predicted octanol–water partition coefficient (Wildman–Crippen LogP) is 0.540. The number of nitrogens with one attached hydrogen (secondary N) is 1. The van der Waals surface area contributed by atoms with Gasteiger partial charge in [-0.15, -0.1) is 0 Å². The van der Waals surface area contributed by atoms with Crippen molar-refractivity contribution in [2.24, 2.45) is 0 Å². The number of rotatable bonds is 3. The zero-order valence-electron chi connectivity index (χ0n) is 15.3. The van der Waals surface area contributed by atoms with Gasteiger partial charge in [0.25, 0.3) is 5.91 Å². The second-order valence-electron chi connectivity index (χ2n) is 7.08. The predicted molar refractivity (Wildman–Crippen MR) is 91.2 cm³/mol. The van der Waals surface area contributed by atoms with Crippen molar-refractivity contribution in [2.45, 2.75) is 51.1 Å². The lowest BCUT2D eigenvalue weighted by molar-refractivity contribution is -0.143. The van der Waals surface area contributed by atoms with Crippen LogP contribution in [0.2, 0.25) is 0 Å². The van der Waals surface area contributed by atoms with Gasteiger partial charge in [0.1, 0.15) is 11.6 Å². The van der Waals surface area contributed by atoms with Gasteiger partial charge in [-0.2, -0.15) is 0 Å². The Kier molecular flexibility index (Phi) is 5.06. The Bertz CT molecular complexity index is 608. The Morgan fingerprint density at radius 1 is 1.12 bits per heavy atom. The van der Waals surface area contributed by atoms with Gasteiger partial charge < -0.3 is 19.9 Å². The van der Waals surface area contributed by atoms with E-state index in [-0.39, 0.29) is 17.9 Å². The molecule has 1 unspecified atom stereocenters. The summed E-state index contributed by atoms with van der Waals surface area (Å²) < 4.78 is 4.97. The molecular weight excluding hydrogens is 340 g/mol. The Hall–Kier alpha value is -2.32. The van der Waals surface area contributed by atoms with Crippen LogP contribution < -0.4 is 5.32 Å². The van der Waals surface area contributed by atoms with E-state index < -0.39 is 17.6 Å². The van der Waals surface area contributed by atoms with Crippen molar-refractivity contribution < 1.29 is 23.9 Å². The summed E-state index contributed by atoms with van der Waals surface area (Å²) in [5, 5.41) is 2.80. The first-order chi connectivity index (χ1) is 12.4. The number of carbonyl (C=O) groups excluding carboxylic acids is 4. The van der Waals surface area contributed by atoms with Crippen LogP contribution >= 0.6 is 0 Å². The number of imide groups is 1. The highest BCUT2D eigenvalue weighted by Crippen LogP contribution is 2.35. The van der Waals surface area contributed by atoms with Gasteiger partial charge in [0.05, 0.1) is 6.61 Å². The van der Waals surface area contributed by atoms with Crippen molar-refractivity contribution in [3.63, 3.8) is 0 Å². The van der Waals surface area contributed by atoms with E-state index >= 15 is 0 Å². The third kappa shape index (κ3) is 3.10. The summed E-state index contributed by atoms with van der Waals surface area (Å²) in [6.45, 7) is 5.11. The van der Waals surface area contributed by atoms with Crippen LogP contribution in [0.15, 0.2) is 0 Å². The molecule has 1 spiro atoms. The molecule has 0 aromatic rings. The van der Waals surface area contributed by atoms with Gasteiger partial charge in [0.15, 0.2) is 0 Å². The maximum absolute atomic E-state index is 12.8. The molecule has 0 aromatic carbocycles. The number of hydrogen-bond acceptors (Lipinski definition) is 5. The SMILES string of the molecule is CCOC(=O)N1CCN(C(=O)C(C)N2C(=O)NC3(CCCC3)C2=O)CC1. The Morgan fingerprint density at radius 3 is 2.27 bits per heavy atom. The molecule has 9 nitrogen and oxygen atoms in total. The summed E-state index contributed by atoms with van der Waals surface area (Å²) in [4.78, 5) is 53.9. The highest BCUT2D eigenvalue weighted by Gasteiger charge is 2.54. The molecule has 1 atom stereocenters. The van der Waals surface area contributed by atoms with E-state index in [4.69, 9.17) is 4.74 Å². The average molecular weight is 366 g/mol. The number of piperazine rings is 1. The second kappa shape index (κ2) is 7.13. The normalized spacial score (nSPS) is 23.4. The first kappa shape index (κ1) is 18.5. The highest BCUT2D eigenvalue weighted by atomic mass is 16.6. The lowest BCUT2D eigenvalue weighted by Gasteiger charge is -2.36. The number of amides is 5. The van der Waals surface area contributed by atoms with Crippen LogP contribution in [0.1, 0.15) is 39.5 Å². The molecule has 2 aliphatic heterocycles. The van der Waals surface area contributed by atoms with Gasteiger partial charge in [0, 0.05) is 26.2 Å². The summed E-state index contributed by atoms with van der Waals surface area (Å²) in [7, 11) is 0. The van der Waals surface area contributed by atoms with Crippen molar-refractivity contribution in [1.82, 2.24) is 20.0 Å². The lowest BCUT2D eigenvalue weighted by Crippen LogP contribution is -2.56. The molecule has 3 aliphatic rings. The molecule has 3 fully saturated rings. The first-order valence-corrected chi connectivity index (χ1v) is 9.26. The second-order valence-corrected chi connectivity index (χ2v) is 7.08. The average Bonchev–Trinajstić information content (AvgIpc) is 3.19. The van der Waals surface area contributed by atoms with Gasteiger partial charge in [-0.25, -0.2) is 14.5 Å². The molecule has 2 saturated heterocycles. The molecule has 0 aromatic heterocycles. The lowest BCUT2D eigenvalue weighted by atomic mass is 9.97. The molecule has 3 rings (SSSR count). The molecule has 144 valence electrons. The number of nitrogens with zero attached hydrogens (tertiary/aromatic N) is 3. The maximum atomic E-state index is 12.8. The fourth-order valence-corrected chi connectivity index (χ4v) is 4.01. The van der Waals surface area contributed by atoms with E-state index in [1.54, 1.807) is 23.6 Å². The molecule has 0 bridgehead atoms. The van der Waals surface area contributed by atoms with Crippen LogP contribution in [-0.4, -0.2) is 83.0 Å². The summed E-state index contributed by atoms with van der Waals surface area (Å²) in [5.74, 6) is -0.557. The fraction of sp³-hybridized carbons (Fsp3) is 0.765. The van der Waals surface area contributed by atoms with Gasteiger partial charge in [-0.3, -0.25) is 9.59 Å². The van der Waals surface area contributed by atoms with Crippen LogP contribution in [0, 0.1) is 0 Å². The maximum Gasteiger partial charge on any atom is 0.409 e. The largest absolute Gasteiger partial charge is 0.450 e. The third-order valence-electron chi connectivity index (χ3n) is 5.51. The topological polar surface area (TPSA) is 99.3 Å². The fourth-order valence-electron chi connectivity index (χ4n) is 4.01. The van der Waals surface area contributed by atoms with Crippen molar-refractivity contribution in [1.29, 1.82) is 0 Å². The highest BCUT2D eigenvalue weighted by molar-refractivity contribution is 6.10. The van der Waals surface area contributed by atoms with E-state index in [2.05, 4.69) is 5.32 Å². The summed E-state index contributed by atoms with van der Waals surface area (Å²) in [6.07, 6.45) is 2.68. The number of ether oxygens (including phenoxy) is 1. The van der Waals surface area contributed by atoms with Crippen molar-refractivity contribution in [3.05, 3.63) is 0 Å². The van der Waals surface area contributed by atoms with Crippen molar-refractivity contribution >= 4 is 23.9 Å². The Labute approximate surface area is 152 Å².